The molecule has 2 N–H and O–H groups in total. The van der Waals surface area contributed by atoms with Crippen LogP contribution in [0.2, 0.25) is 0 Å². The van der Waals surface area contributed by atoms with Crippen LogP contribution in [-0.2, 0) is 28.0 Å². The van der Waals surface area contributed by atoms with Gasteiger partial charge in [0.15, 0.2) is 5.82 Å². The van der Waals surface area contributed by atoms with Gasteiger partial charge in [-0.05, 0) is 72.6 Å². The molecule has 3 aromatic carbocycles. The van der Waals surface area contributed by atoms with Gasteiger partial charge in [-0.3, -0.25) is 38.6 Å². The Morgan fingerprint density at radius 1 is 0.982 bits per heavy atom. The molecule has 14 nitrogen and oxygen atoms in total. The van der Waals surface area contributed by atoms with Crippen molar-refractivity contribution in [3.8, 4) is 11.1 Å². The van der Waals surface area contributed by atoms with E-state index in [4.69, 9.17) is 0 Å². The highest BCUT2D eigenvalue weighted by Crippen LogP contribution is 2.39. The van der Waals surface area contributed by atoms with Gasteiger partial charge in [-0.1, -0.05) is 29.5 Å². The number of hydrogen-bond donors (Lipinski definition) is 2. The first-order valence-electron chi connectivity index (χ1n) is 19.2. The van der Waals surface area contributed by atoms with E-state index in [1.807, 2.05) is 30.3 Å². The fourth-order valence-electron chi connectivity index (χ4n) is 8.77. The Morgan fingerprint density at radius 2 is 1.82 bits per heavy atom. The summed E-state index contributed by atoms with van der Waals surface area (Å²) >= 11 is 0. The van der Waals surface area contributed by atoms with Crippen LogP contribution in [-0.4, -0.2) is 83.1 Å². The number of amides is 3. The summed E-state index contributed by atoms with van der Waals surface area (Å²) in [4.78, 5) is 55.0. The van der Waals surface area contributed by atoms with Gasteiger partial charge >= 0.3 is 5.69 Å². The number of anilines is 1. The molecule has 3 aliphatic heterocycles. The molecule has 1 atom stereocenters. The maximum absolute atomic E-state index is 16.3. The lowest BCUT2D eigenvalue weighted by Gasteiger charge is -2.34. The van der Waals surface area contributed by atoms with Gasteiger partial charge in [0.25, 0.3) is 0 Å². The molecule has 3 aromatic heterocycles. The quantitative estimate of drug-likeness (QED) is 0.209. The Labute approximate surface area is 324 Å². The van der Waals surface area contributed by atoms with E-state index in [9.17, 15) is 19.2 Å². The van der Waals surface area contributed by atoms with Crippen LogP contribution in [0.3, 0.4) is 0 Å². The Balaban J connectivity index is 0.936. The number of H-pyrrole nitrogens is 1. The third kappa shape index (κ3) is 6.47. The molecule has 9 rings (SSSR count). The van der Waals surface area contributed by atoms with Crippen molar-refractivity contribution in [2.24, 2.45) is 7.05 Å². The van der Waals surface area contributed by atoms with Crippen LogP contribution in [0.4, 0.5) is 14.5 Å². The zero-order valence-electron chi connectivity index (χ0n) is 31.3. The summed E-state index contributed by atoms with van der Waals surface area (Å²) < 4.78 is 37.0. The van der Waals surface area contributed by atoms with Crippen molar-refractivity contribution in [2.75, 3.05) is 31.1 Å². The van der Waals surface area contributed by atoms with Crippen LogP contribution in [0.1, 0.15) is 61.6 Å². The molecule has 0 radical (unpaired) electrons. The molecular formula is C41H40F2N10O4. The summed E-state index contributed by atoms with van der Waals surface area (Å²) in [5.74, 6) is -1.72. The second-order valence-corrected chi connectivity index (χ2v) is 15.0. The minimum Gasteiger partial charge on any atom is -0.370 e. The predicted molar refractivity (Wildman–Crippen MR) is 208 cm³/mol. The minimum absolute atomic E-state index is 0.0710. The lowest BCUT2D eigenvalue weighted by molar-refractivity contribution is -0.136. The third-order valence-electron chi connectivity index (χ3n) is 11.7. The topological polar surface area (TPSA) is 156 Å². The summed E-state index contributed by atoms with van der Waals surface area (Å²) in [5.41, 5.74) is 4.74. The number of aromatic nitrogens is 7. The lowest BCUT2D eigenvalue weighted by Crippen LogP contribution is -2.44. The van der Waals surface area contributed by atoms with Gasteiger partial charge in [0.1, 0.15) is 17.4 Å². The minimum atomic E-state index is -0.767. The number of para-hydroxylation sites is 1. The summed E-state index contributed by atoms with van der Waals surface area (Å²) in [6, 6.07) is 11.8. The van der Waals surface area contributed by atoms with Crippen molar-refractivity contribution in [1.82, 2.24) is 44.5 Å². The molecule has 2 saturated heterocycles. The molecule has 0 bridgehead atoms. The van der Waals surface area contributed by atoms with E-state index in [2.05, 4.69) is 30.7 Å². The number of nitrogens with zero attached hydrogens (tertiary/aromatic N) is 8. The number of aromatic amines is 1. The fraction of sp³-hybridized carbons (Fsp3) is 0.341. The number of nitrogens with one attached hydrogen (secondary N) is 2. The normalized spacial score (nSPS) is 18.1. The molecule has 6 heterocycles. The molecule has 3 amide bonds. The van der Waals surface area contributed by atoms with Crippen LogP contribution < -0.4 is 15.9 Å². The average Bonchev–Trinajstić information content (AvgIpc) is 3.99. The molecule has 0 spiro atoms. The highest BCUT2D eigenvalue weighted by Gasteiger charge is 2.33. The Morgan fingerprint density at radius 3 is 2.60 bits per heavy atom. The van der Waals surface area contributed by atoms with Gasteiger partial charge in [0.05, 0.1) is 35.7 Å². The zero-order chi connectivity index (χ0) is 39.4. The molecule has 16 heteroatoms. The Bertz CT molecular complexity index is 2650. The molecule has 0 saturated carbocycles. The van der Waals surface area contributed by atoms with E-state index >= 15 is 8.78 Å². The van der Waals surface area contributed by atoms with Crippen molar-refractivity contribution in [3.63, 3.8) is 0 Å². The number of rotatable bonds is 8. The molecule has 3 aliphatic rings. The first-order valence-corrected chi connectivity index (χ1v) is 19.2. The largest absolute Gasteiger partial charge is 0.370 e. The van der Waals surface area contributed by atoms with Crippen molar-refractivity contribution in [1.29, 1.82) is 0 Å². The first kappa shape index (κ1) is 36.2. The number of aryl methyl sites for hydroxylation is 2. The summed E-state index contributed by atoms with van der Waals surface area (Å²) in [7, 11) is 1.70. The van der Waals surface area contributed by atoms with Crippen molar-refractivity contribution >= 4 is 50.9 Å². The maximum Gasteiger partial charge on any atom is 0.329 e. The Kier molecular flexibility index (Phi) is 9.25. The van der Waals surface area contributed by atoms with E-state index in [-0.39, 0.29) is 54.7 Å². The Hall–Kier alpha value is -6.45. The van der Waals surface area contributed by atoms with Crippen LogP contribution in [0.25, 0.3) is 38.6 Å². The summed E-state index contributed by atoms with van der Waals surface area (Å²) in [6.45, 7) is 2.46. The SMILES string of the molecule is Cn1c(=O)n(C2CCC(=O)NC2=O)c2cccc(N3CCC(c4ccc(-c5cc(C6=CCCN(C(=O)CCn7ccnn7)C6)c(F)c6[nH]ncc56)c(F)c4)CC3)c21. The molecule has 0 aliphatic carbocycles. The number of halogens is 2. The highest BCUT2D eigenvalue weighted by molar-refractivity contribution is 6.01. The second-order valence-electron chi connectivity index (χ2n) is 15.0. The number of carbonyl (C=O) groups is 3. The van der Waals surface area contributed by atoms with Gasteiger partial charge in [-0.2, -0.15) is 5.10 Å². The van der Waals surface area contributed by atoms with Crippen LogP contribution >= 0.6 is 0 Å². The van der Waals surface area contributed by atoms with Gasteiger partial charge in [0, 0.05) is 68.8 Å². The van der Waals surface area contributed by atoms with E-state index in [1.165, 1.54) is 10.8 Å². The number of imide groups is 1. The zero-order valence-corrected chi connectivity index (χ0v) is 31.3. The highest BCUT2D eigenvalue weighted by atomic mass is 19.1. The van der Waals surface area contributed by atoms with Crippen LogP contribution in [0, 0.1) is 11.6 Å². The predicted octanol–water partition coefficient (Wildman–Crippen LogP) is 4.82. The molecule has 57 heavy (non-hydrogen) atoms. The number of fused-ring (bicyclic) bond motifs is 2. The van der Waals surface area contributed by atoms with E-state index in [0.29, 0.717) is 65.8 Å². The van der Waals surface area contributed by atoms with Crippen molar-refractivity contribution in [2.45, 2.75) is 57.0 Å². The summed E-state index contributed by atoms with van der Waals surface area (Å²) in [6.07, 6.45) is 9.40. The van der Waals surface area contributed by atoms with Crippen LogP contribution in [0.5, 0.6) is 0 Å². The van der Waals surface area contributed by atoms with Gasteiger partial charge in [0.2, 0.25) is 17.7 Å². The van der Waals surface area contributed by atoms with Gasteiger partial charge in [-0.15, -0.1) is 5.10 Å². The fourth-order valence-corrected chi connectivity index (χ4v) is 8.77. The smallest absolute Gasteiger partial charge is 0.329 e. The lowest BCUT2D eigenvalue weighted by atomic mass is 9.87. The molecule has 6 aromatic rings. The van der Waals surface area contributed by atoms with E-state index < -0.39 is 23.6 Å². The number of imidazole rings is 1. The van der Waals surface area contributed by atoms with Gasteiger partial charge < -0.3 is 9.80 Å². The third-order valence-corrected chi connectivity index (χ3v) is 11.7. The molecule has 2 fully saturated rings. The number of piperidine rings is 2. The standard InChI is InChI=1S/C41H40F2N10O4/c1-49-39-32(5-2-6-33(39)53(41(49)57)34-9-10-35(54)46-40(34)56)50-16-11-24(12-17-50)25-7-8-27(31(42)20-25)29-21-28(37(43)38-30(29)22-45-47-38)26-4-3-15-51(23-26)36(55)13-18-52-19-14-44-48-52/h2,4-8,14,19-22,24,34H,3,9-13,15-18,23H2,1H3,(H,45,47)(H,46,54,56). The van der Waals surface area contributed by atoms with E-state index in [0.717, 1.165) is 29.6 Å². The number of hydrogen-bond acceptors (Lipinski definition) is 8. The monoisotopic (exact) mass is 774 g/mol. The van der Waals surface area contributed by atoms with Crippen molar-refractivity contribution in [3.05, 3.63) is 100 Å². The van der Waals surface area contributed by atoms with Crippen LogP contribution in [0.15, 0.2) is 71.9 Å². The number of benzene rings is 3. The first-order chi connectivity index (χ1) is 27.7. The molecule has 1 unspecified atom stereocenters. The van der Waals surface area contributed by atoms with E-state index in [1.54, 1.807) is 51.8 Å². The van der Waals surface area contributed by atoms with Crippen molar-refractivity contribution < 1.29 is 23.2 Å². The maximum atomic E-state index is 16.3. The molecular weight excluding hydrogens is 735 g/mol. The summed E-state index contributed by atoms with van der Waals surface area (Å²) in [5, 5.41) is 17.4. The molecule has 292 valence electrons. The van der Waals surface area contributed by atoms with Gasteiger partial charge in [-0.25, -0.2) is 13.6 Å². The average molecular weight is 775 g/mol. The second kappa shape index (κ2) is 14.6. The number of carbonyl (C=O) groups excluding carboxylic acids is 3.